The lowest BCUT2D eigenvalue weighted by atomic mass is 9.91. The van der Waals surface area contributed by atoms with Crippen LogP contribution in [0, 0.1) is 16.7 Å². The lowest BCUT2D eigenvalue weighted by Crippen LogP contribution is -2.38. The minimum atomic E-state index is -0.275. The van der Waals surface area contributed by atoms with Gasteiger partial charge in [-0.1, -0.05) is 23.2 Å². The summed E-state index contributed by atoms with van der Waals surface area (Å²) in [6.45, 7) is 2.20. The molecule has 9 heteroatoms. The van der Waals surface area contributed by atoms with E-state index < -0.39 is 0 Å². The third kappa shape index (κ3) is 6.27. The highest BCUT2D eigenvalue weighted by atomic mass is 35.5. The predicted molar refractivity (Wildman–Crippen MR) is 133 cm³/mol. The maximum absolute atomic E-state index is 9.32. The zero-order valence-corrected chi connectivity index (χ0v) is 20.3. The molecular formula is C24H30Cl2N6O. The van der Waals surface area contributed by atoms with Crippen LogP contribution < -0.4 is 16.0 Å². The Morgan fingerprint density at radius 1 is 1.12 bits per heavy atom. The Morgan fingerprint density at radius 3 is 2.58 bits per heavy atom. The maximum atomic E-state index is 9.32. The van der Waals surface area contributed by atoms with Crippen LogP contribution in [0.25, 0.3) is 11.1 Å². The van der Waals surface area contributed by atoms with Gasteiger partial charge in [-0.05, 0) is 50.7 Å². The van der Waals surface area contributed by atoms with Crippen LogP contribution in [0.1, 0.15) is 38.5 Å². The molecule has 2 aromatic rings. The molecule has 3 N–H and O–H groups in total. The minimum absolute atomic E-state index is 0.275. The van der Waals surface area contributed by atoms with Crippen molar-refractivity contribution in [3.63, 3.8) is 0 Å². The molecule has 0 bridgehead atoms. The molecule has 2 aliphatic rings. The second kappa shape index (κ2) is 10.9. The molecule has 33 heavy (non-hydrogen) atoms. The summed E-state index contributed by atoms with van der Waals surface area (Å²) < 4.78 is 5.12. The fourth-order valence-corrected chi connectivity index (χ4v) is 4.60. The van der Waals surface area contributed by atoms with Crippen LogP contribution in [-0.2, 0) is 4.74 Å². The van der Waals surface area contributed by atoms with Gasteiger partial charge in [0.15, 0.2) is 5.15 Å². The van der Waals surface area contributed by atoms with Crippen molar-refractivity contribution in [2.45, 2.75) is 50.6 Å². The summed E-state index contributed by atoms with van der Waals surface area (Å²) >= 11 is 12.8. The highest BCUT2D eigenvalue weighted by Gasteiger charge is 2.43. The van der Waals surface area contributed by atoms with Crippen LogP contribution in [0.3, 0.4) is 0 Å². The summed E-state index contributed by atoms with van der Waals surface area (Å²) in [5, 5.41) is 20.7. The molecule has 0 aliphatic heterocycles. The van der Waals surface area contributed by atoms with Crippen LogP contribution in [-0.4, -0.2) is 48.9 Å². The number of hydrogen-bond donors (Lipinski definition) is 3. The first-order valence-electron chi connectivity index (χ1n) is 11.5. The molecule has 2 aliphatic carbocycles. The van der Waals surface area contributed by atoms with E-state index in [1.165, 1.54) is 0 Å². The number of anilines is 2. The predicted octanol–water partition coefficient (Wildman–Crippen LogP) is 5.13. The van der Waals surface area contributed by atoms with Crippen LogP contribution in [0.5, 0.6) is 0 Å². The van der Waals surface area contributed by atoms with Gasteiger partial charge >= 0.3 is 0 Å². The van der Waals surface area contributed by atoms with Crippen molar-refractivity contribution in [2.24, 2.45) is 5.41 Å². The van der Waals surface area contributed by atoms with Gasteiger partial charge in [0, 0.05) is 55.8 Å². The number of methoxy groups -OCH3 is 1. The monoisotopic (exact) mass is 488 g/mol. The molecule has 4 rings (SSSR count). The highest BCUT2D eigenvalue weighted by Crippen LogP contribution is 2.45. The molecule has 0 aromatic carbocycles. The molecule has 0 unspecified atom stereocenters. The van der Waals surface area contributed by atoms with Gasteiger partial charge in [-0.3, -0.25) is 0 Å². The molecule has 0 spiro atoms. The minimum Gasteiger partial charge on any atom is -0.383 e. The molecule has 0 saturated heterocycles. The average Bonchev–Trinajstić information content (AvgIpc) is 3.62. The van der Waals surface area contributed by atoms with Gasteiger partial charge in [-0.15, -0.1) is 0 Å². The number of nitrogens with one attached hydrogen (secondary N) is 3. The molecule has 0 amide bonds. The average molecular weight is 489 g/mol. The van der Waals surface area contributed by atoms with Crippen molar-refractivity contribution in [2.75, 3.05) is 37.4 Å². The van der Waals surface area contributed by atoms with E-state index in [4.69, 9.17) is 27.9 Å². The van der Waals surface area contributed by atoms with Gasteiger partial charge in [0.1, 0.15) is 5.82 Å². The summed E-state index contributed by atoms with van der Waals surface area (Å²) in [6.07, 6.45) is 9.64. The number of aromatic nitrogens is 2. The Balaban J connectivity index is 1.40. The van der Waals surface area contributed by atoms with Crippen LogP contribution >= 0.6 is 23.2 Å². The van der Waals surface area contributed by atoms with Gasteiger partial charge in [-0.2, -0.15) is 5.26 Å². The molecule has 2 aromatic heterocycles. The SMILES string of the molecule is COCCNC1CCC(Nc2cc(-c3cnc(Cl)c(NCC4(C#N)CC4)c3)c(Cl)cn2)CC1. The van der Waals surface area contributed by atoms with E-state index in [9.17, 15) is 5.26 Å². The Bertz CT molecular complexity index is 999. The van der Waals surface area contributed by atoms with Crippen molar-refractivity contribution < 1.29 is 4.74 Å². The van der Waals surface area contributed by atoms with E-state index in [1.54, 1.807) is 19.5 Å². The van der Waals surface area contributed by atoms with Crippen LogP contribution in [0.15, 0.2) is 24.5 Å². The molecular weight excluding hydrogens is 459 g/mol. The smallest absolute Gasteiger partial charge is 0.152 e. The van der Waals surface area contributed by atoms with Gasteiger partial charge in [0.05, 0.1) is 28.8 Å². The molecule has 2 saturated carbocycles. The molecule has 0 radical (unpaired) electrons. The first-order chi connectivity index (χ1) is 16.0. The Kier molecular flexibility index (Phi) is 7.92. The van der Waals surface area contributed by atoms with E-state index in [-0.39, 0.29) is 5.41 Å². The summed E-state index contributed by atoms with van der Waals surface area (Å²) in [7, 11) is 1.73. The number of rotatable bonds is 10. The van der Waals surface area contributed by atoms with E-state index >= 15 is 0 Å². The fraction of sp³-hybridized carbons (Fsp3) is 0.542. The van der Waals surface area contributed by atoms with Crippen molar-refractivity contribution in [1.29, 1.82) is 5.26 Å². The zero-order chi connectivity index (χ0) is 23.3. The second-order valence-electron chi connectivity index (χ2n) is 9.00. The zero-order valence-electron chi connectivity index (χ0n) is 18.8. The Hall–Kier alpha value is -2.11. The molecule has 2 heterocycles. The summed E-state index contributed by atoms with van der Waals surface area (Å²) in [4.78, 5) is 8.83. The normalized spacial score (nSPS) is 21.3. The Morgan fingerprint density at radius 2 is 1.88 bits per heavy atom. The number of nitriles is 1. The first-order valence-corrected chi connectivity index (χ1v) is 12.2. The third-order valence-electron chi connectivity index (χ3n) is 6.53. The number of halogens is 2. The largest absolute Gasteiger partial charge is 0.383 e. The van der Waals surface area contributed by atoms with Crippen molar-refractivity contribution in [1.82, 2.24) is 15.3 Å². The van der Waals surface area contributed by atoms with E-state index in [2.05, 4.69) is 32.0 Å². The van der Waals surface area contributed by atoms with E-state index in [1.807, 2.05) is 12.1 Å². The highest BCUT2D eigenvalue weighted by molar-refractivity contribution is 6.33. The van der Waals surface area contributed by atoms with Gasteiger partial charge < -0.3 is 20.7 Å². The maximum Gasteiger partial charge on any atom is 0.152 e. The molecule has 2 fully saturated rings. The fourth-order valence-electron chi connectivity index (χ4n) is 4.22. The van der Waals surface area contributed by atoms with Crippen molar-refractivity contribution in [3.05, 3.63) is 34.7 Å². The molecule has 7 nitrogen and oxygen atoms in total. The lowest BCUT2D eigenvalue weighted by molar-refractivity contribution is 0.191. The number of nitrogens with zero attached hydrogens (tertiary/aromatic N) is 3. The number of pyridine rings is 2. The van der Waals surface area contributed by atoms with Crippen molar-refractivity contribution >= 4 is 34.7 Å². The van der Waals surface area contributed by atoms with Crippen LogP contribution in [0.4, 0.5) is 11.5 Å². The van der Waals surface area contributed by atoms with Gasteiger partial charge in [-0.25, -0.2) is 9.97 Å². The number of hydrogen-bond acceptors (Lipinski definition) is 7. The van der Waals surface area contributed by atoms with Crippen molar-refractivity contribution in [3.8, 4) is 17.2 Å². The second-order valence-corrected chi connectivity index (χ2v) is 9.76. The summed E-state index contributed by atoms with van der Waals surface area (Å²) in [5.41, 5.74) is 2.13. The first kappa shape index (κ1) is 24.0. The quantitative estimate of drug-likeness (QED) is 0.315. The standard InChI is InChI=1S/C24H30Cl2N6O/c1-33-9-8-28-17-2-4-18(5-3-17)32-22-11-19(20(25)13-29-22)16-10-21(23(26)30-12-16)31-15-24(14-27)6-7-24/h10-13,17-18,28,31H,2-9,15H2,1H3,(H,29,32). The third-order valence-corrected chi connectivity index (χ3v) is 7.13. The summed E-state index contributed by atoms with van der Waals surface area (Å²) in [6, 6.07) is 7.22. The van der Waals surface area contributed by atoms with Gasteiger partial charge in [0.2, 0.25) is 0 Å². The summed E-state index contributed by atoms with van der Waals surface area (Å²) in [5.74, 6) is 0.802. The van der Waals surface area contributed by atoms with E-state index in [0.29, 0.717) is 34.5 Å². The molecule has 0 atom stereocenters. The topological polar surface area (TPSA) is 94.9 Å². The van der Waals surface area contributed by atoms with Crippen LogP contribution in [0.2, 0.25) is 10.2 Å². The molecule has 176 valence electrons. The lowest BCUT2D eigenvalue weighted by Gasteiger charge is -2.30. The van der Waals surface area contributed by atoms with E-state index in [0.717, 1.165) is 68.6 Å². The van der Waals surface area contributed by atoms with Gasteiger partial charge in [0.25, 0.3) is 0 Å². The Labute approximate surface area is 205 Å². The number of ether oxygens (including phenoxy) is 1.